The number of nitrogens with one attached hydrogen (secondary N) is 2. The van der Waals surface area contributed by atoms with Gasteiger partial charge in [0.15, 0.2) is 5.01 Å². The molecule has 0 spiro atoms. The Morgan fingerprint density at radius 1 is 1.38 bits per heavy atom. The zero-order valence-electron chi connectivity index (χ0n) is 15.3. The maximum Gasteiger partial charge on any atom is 0.414 e. The van der Waals surface area contributed by atoms with Crippen molar-refractivity contribution in [1.82, 2.24) is 20.8 Å². The number of carbonyl (C=O) groups is 3. The SMILES string of the molecule is CC(=O)NCc1nnc(-c2ccc(N3C[C@H](CNC(=O)CO)OC3=O)cc2F)s1. The molecule has 154 valence electrons. The van der Waals surface area contributed by atoms with Crippen LogP contribution in [0.1, 0.15) is 11.9 Å². The van der Waals surface area contributed by atoms with Gasteiger partial charge in [-0.05, 0) is 18.2 Å². The van der Waals surface area contributed by atoms with Gasteiger partial charge in [-0.15, -0.1) is 10.2 Å². The van der Waals surface area contributed by atoms with Crippen molar-refractivity contribution in [2.24, 2.45) is 0 Å². The highest BCUT2D eigenvalue weighted by atomic mass is 32.1. The van der Waals surface area contributed by atoms with Gasteiger partial charge in [0.2, 0.25) is 11.8 Å². The summed E-state index contributed by atoms with van der Waals surface area (Å²) in [6.07, 6.45) is -1.27. The number of anilines is 1. The average Bonchev–Trinajstić information content (AvgIpc) is 3.30. The van der Waals surface area contributed by atoms with Crippen LogP contribution >= 0.6 is 11.3 Å². The molecule has 3 rings (SSSR count). The Balaban J connectivity index is 1.69. The molecule has 29 heavy (non-hydrogen) atoms. The lowest BCUT2D eigenvalue weighted by Crippen LogP contribution is -2.36. The third-order valence-corrected chi connectivity index (χ3v) is 4.95. The Morgan fingerprint density at radius 2 is 2.17 bits per heavy atom. The fourth-order valence-corrected chi connectivity index (χ4v) is 3.41. The summed E-state index contributed by atoms with van der Waals surface area (Å²) in [7, 11) is 0. The lowest BCUT2D eigenvalue weighted by molar-refractivity contribution is -0.124. The largest absolute Gasteiger partial charge is 0.442 e. The number of hydrogen-bond acceptors (Lipinski definition) is 8. The van der Waals surface area contributed by atoms with Gasteiger partial charge < -0.3 is 20.5 Å². The van der Waals surface area contributed by atoms with Crippen LogP contribution in [0.25, 0.3) is 10.6 Å². The lowest BCUT2D eigenvalue weighted by atomic mass is 10.2. The van der Waals surface area contributed by atoms with E-state index < -0.39 is 30.5 Å². The van der Waals surface area contributed by atoms with Gasteiger partial charge in [0.1, 0.15) is 23.5 Å². The third-order valence-electron chi connectivity index (χ3n) is 3.99. The first kappa shape index (κ1) is 20.6. The van der Waals surface area contributed by atoms with Crippen molar-refractivity contribution in [3.63, 3.8) is 0 Å². The Labute approximate surface area is 168 Å². The van der Waals surface area contributed by atoms with E-state index in [1.807, 2.05) is 0 Å². The molecule has 1 aliphatic heterocycles. The topological polar surface area (TPSA) is 134 Å². The van der Waals surface area contributed by atoms with E-state index in [1.54, 1.807) is 6.07 Å². The normalized spacial score (nSPS) is 15.9. The highest BCUT2D eigenvalue weighted by molar-refractivity contribution is 7.14. The van der Waals surface area contributed by atoms with E-state index in [4.69, 9.17) is 9.84 Å². The molecular formula is C17H18FN5O5S. The molecule has 1 aliphatic rings. The first-order chi connectivity index (χ1) is 13.9. The quantitative estimate of drug-likeness (QED) is 0.587. The number of ether oxygens (including phenoxy) is 1. The molecule has 1 atom stereocenters. The molecule has 12 heteroatoms. The van der Waals surface area contributed by atoms with Crippen LogP contribution in [0.5, 0.6) is 0 Å². The molecule has 1 aromatic heterocycles. The van der Waals surface area contributed by atoms with Crippen LogP contribution in [-0.4, -0.2) is 59.0 Å². The van der Waals surface area contributed by atoms with Crippen molar-refractivity contribution >= 4 is 34.9 Å². The number of benzene rings is 1. The summed E-state index contributed by atoms with van der Waals surface area (Å²) in [5.74, 6) is -1.37. The summed E-state index contributed by atoms with van der Waals surface area (Å²) in [5, 5.41) is 22.5. The number of aliphatic hydroxyl groups excluding tert-OH is 1. The van der Waals surface area contributed by atoms with Gasteiger partial charge in [0.05, 0.1) is 25.3 Å². The number of hydrogen-bond donors (Lipinski definition) is 3. The van der Waals surface area contributed by atoms with Crippen LogP contribution in [-0.2, 0) is 20.9 Å². The Bertz CT molecular complexity index is 937. The molecule has 0 unspecified atom stereocenters. The molecule has 2 aromatic rings. The molecule has 1 fully saturated rings. The molecule has 1 saturated heterocycles. The monoisotopic (exact) mass is 423 g/mol. The molecule has 0 radical (unpaired) electrons. The summed E-state index contributed by atoms with van der Waals surface area (Å²) in [4.78, 5) is 35.4. The summed E-state index contributed by atoms with van der Waals surface area (Å²) in [6.45, 7) is 1.11. The molecule has 0 saturated carbocycles. The van der Waals surface area contributed by atoms with Gasteiger partial charge in [-0.25, -0.2) is 9.18 Å². The number of carbonyl (C=O) groups excluding carboxylic acids is 3. The summed E-state index contributed by atoms with van der Waals surface area (Å²) in [5.41, 5.74) is 0.523. The zero-order chi connectivity index (χ0) is 21.0. The Kier molecular flexibility index (Phi) is 6.34. The molecule has 3 amide bonds. The van der Waals surface area contributed by atoms with Gasteiger partial charge in [0.25, 0.3) is 0 Å². The van der Waals surface area contributed by atoms with Crippen LogP contribution < -0.4 is 15.5 Å². The number of cyclic esters (lactones) is 1. The second kappa shape index (κ2) is 8.92. The van der Waals surface area contributed by atoms with Crippen molar-refractivity contribution in [3.8, 4) is 10.6 Å². The van der Waals surface area contributed by atoms with Crippen molar-refractivity contribution < 1.29 is 28.6 Å². The standard InChI is InChI=1S/C17H18FN5O5S/c1-9(25)19-6-15-21-22-16(29-15)12-3-2-10(4-13(12)18)23-7-11(28-17(23)27)5-20-14(26)8-24/h2-4,11,24H,5-8H2,1H3,(H,19,25)(H,20,26)/t11-/m0/s1. The van der Waals surface area contributed by atoms with E-state index in [0.29, 0.717) is 15.7 Å². The van der Waals surface area contributed by atoms with Crippen LogP contribution in [0, 0.1) is 5.82 Å². The number of aromatic nitrogens is 2. The van der Waals surface area contributed by atoms with Gasteiger partial charge in [-0.1, -0.05) is 11.3 Å². The van der Waals surface area contributed by atoms with Crippen LogP contribution in [0.4, 0.5) is 14.9 Å². The van der Waals surface area contributed by atoms with E-state index >= 15 is 0 Å². The number of amides is 3. The maximum atomic E-state index is 14.6. The van der Waals surface area contributed by atoms with Crippen molar-refractivity contribution in [2.75, 3.05) is 24.6 Å². The molecule has 0 bridgehead atoms. The highest BCUT2D eigenvalue weighted by Crippen LogP contribution is 2.30. The van der Waals surface area contributed by atoms with Gasteiger partial charge in [-0.3, -0.25) is 14.5 Å². The smallest absolute Gasteiger partial charge is 0.414 e. The fourth-order valence-electron chi connectivity index (χ4n) is 2.60. The predicted molar refractivity (Wildman–Crippen MR) is 101 cm³/mol. The maximum absolute atomic E-state index is 14.6. The van der Waals surface area contributed by atoms with Crippen molar-refractivity contribution in [3.05, 3.63) is 29.0 Å². The molecular weight excluding hydrogens is 405 g/mol. The first-order valence-corrected chi connectivity index (χ1v) is 9.41. The summed E-state index contributed by atoms with van der Waals surface area (Å²) < 4.78 is 19.8. The lowest BCUT2D eigenvalue weighted by Gasteiger charge is -2.14. The predicted octanol–water partition coefficient (Wildman–Crippen LogP) is 0.414. The Morgan fingerprint density at radius 3 is 2.86 bits per heavy atom. The van der Waals surface area contributed by atoms with Crippen molar-refractivity contribution in [1.29, 1.82) is 0 Å². The first-order valence-electron chi connectivity index (χ1n) is 8.60. The number of rotatable bonds is 7. The summed E-state index contributed by atoms with van der Waals surface area (Å²) >= 11 is 1.15. The van der Waals surface area contributed by atoms with Gasteiger partial charge >= 0.3 is 6.09 Å². The highest BCUT2D eigenvalue weighted by Gasteiger charge is 2.33. The van der Waals surface area contributed by atoms with Crippen LogP contribution in [0.3, 0.4) is 0 Å². The molecule has 10 nitrogen and oxygen atoms in total. The molecule has 3 N–H and O–H groups in total. The van der Waals surface area contributed by atoms with Gasteiger partial charge in [-0.2, -0.15) is 0 Å². The van der Waals surface area contributed by atoms with E-state index in [2.05, 4.69) is 20.8 Å². The minimum Gasteiger partial charge on any atom is -0.442 e. The van der Waals surface area contributed by atoms with E-state index in [-0.39, 0.29) is 31.1 Å². The molecule has 2 heterocycles. The second-order valence-corrected chi connectivity index (χ2v) is 7.22. The number of halogens is 1. The van der Waals surface area contributed by atoms with Crippen molar-refractivity contribution in [2.45, 2.75) is 19.6 Å². The van der Waals surface area contributed by atoms with Crippen LogP contribution in [0.15, 0.2) is 18.2 Å². The minimum atomic E-state index is -0.658. The van der Waals surface area contributed by atoms with Gasteiger partial charge in [0, 0.05) is 12.5 Å². The summed E-state index contributed by atoms with van der Waals surface area (Å²) in [6, 6.07) is 4.24. The third kappa shape index (κ3) is 5.03. The number of nitrogens with zero attached hydrogens (tertiary/aromatic N) is 3. The average molecular weight is 423 g/mol. The molecule has 0 aliphatic carbocycles. The zero-order valence-corrected chi connectivity index (χ0v) is 16.2. The molecule has 1 aromatic carbocycles. The fraction of sp³-hybridized carbons (Fsp3) is 0.353. The Hall–Kier alpha value is -3.12. The van der Waals surface area contributed by atoms with E-state index in [9.17, 15) is 18.8 Å². The van der Waals surface area contributed by atoms with E-state index in [1.165, 1.54) is 24.0 Å². The van der Waals surface area contributed by atoms with Crippen LogP contribution in [0.2, 0.25) is 0 Å². The van der Waals surface area contributed by atoms with E-state index in [0.717, 1.165) is 11.3 Å². The second-order valence-electron chi connectivity index (χ2n) is 6.15. The number of aliphatic hydroxyl groups is 1. The minimum absolute atomic E-state index is 0.0457.